The van der Waals surface area contributed by atoms with Gasteiger partial charge in [-0.2, -0.15) is 0 Å². The average Bonchev–Trinajstić information content (AvgIpc) is 3.23. The smallest absolute Gasteiger partial charge is 0.306 e. The van der Waals surface area contributed by atoms with E-state index >= 15 is 0 Å². The Hall–Kier alpha value is -1.59. The van der Waals surface area contributed by atoms with Crippen LogP contribution in [0.4, 0.5) is 0 Å². The molecule has 60 heavy (non-hydrogen) atoms. The molecule has 0 saturated carbocycles. The molecule has 0 bridgehead atoms. The summed E-state index contributed by atoms with van der Waals surface area (Å²) in [5, 5.41) is 0. The molecule has 0 aliphatic heterocycles. The Kier molecular flexibility index (Phi) is 45.7. The first-order valence-electron chi connectivity index (χ1n) is 26.8. The lowest BCUT2D eigenvalue weighted by atomic mass is 9.99. The van der Waals surface area contributed by atoms with E-state index in [0.29, 0.717) is 19.3 Å². The first-order valence-corrected chi connectivity index (χ1v) is 26.8. The van der Waals surface area contributed by atoms with Crippen LogP contribution in [0.5, 0.6) is 0 Å². The summed E-state index contributed by atoms with van der Waals surface area (Å²) in [6.07, 6.45) is 48.1. The number of esters is 3. The number of carbonyl (C=O) groups excluding carboxylic acids is 3. The van der Waals surface area contributed by atoms with Gasteiger partial charge >= 0.3 is 17.9 Å². The van der Waals surface area contributed by atoms with Crippen LogP contribution >= 0.6 is 0 Å². The minimum atomic E-state index is -0.761. The van der Waals surface area contributed by atoms with Gasteiger partial charge in [-0.3, -0.25) is 14.4 Å². The minimum Gasteiger partial charge on any atom is -0.462 e. The highest BCUT2D eigenvalue weighted by Gasteiger charge is 2.19. The molecule has 0 aromatic carbocycles. The second-order valence-corrected chi connectivity index (χ2v) is 19.2. The van der Waals surface area contributed by atoms with Crippen LogP contribution in [-0.4, -0.2) is 37.2 Å². The lowest BCUT2D eigenvalue weighted by Gasteiger charge is -2.18. The van der Waals surface area contributed by atoms with E-state index in [1.54, 1.807) is 0 Å². The molecule has 0 aliphatic rings. The van der Waals surface area contributed by atoms with Gasteiger partial charge in [0.2, 0.25) is 0 Å². The molecule has 6 heteroatoms. The molecule has 0 radical (unpaired) electrons. The molecule has 0 amide bonds. The van der Waals surface area contributed by atoms with Gasteiger partial charge in [0.1, 0.15) is 13.2 Å². The normalized spacial score (nSPS) is 12.5. The summed E-state index contributed by atoms with van der Waals surface area (Å²) in [5.41, 5.74) is 0. The third kappa shape index (κ3) is 45.9. The minimum absolute atomic E-state index is 0.0642. The Bertz CT molecular complexity index is 918. The first kappa shape index (κ1) is 58.4. The molecule has 0 aromatic rings. The summed E-state index contributed by atoms with van der Waals surface area (Å²) in [5.74, 6) is 0.854. The van der Waals surface area contributed by atoms with Crippen molar-refractivity contribution in [3.05, 3.63) is 0 Å². The number of hydrogen-bond acceptors (Lipinski definition) is 6. The van der Waals surface area contributed by atoms with Gasteiger partial charge in [-0.05, 0) is 31.1 Å². The van der Waals surface area contributed by atoms with Crippen molar-refractivity contribution in [1.29, 1.82) is 0 Å². The van der Waals surface area contributed by atoms with Gasteiger partial charge in [-0.25, -0.2) is 0 Å². The summed E-state index contributed by atoms with van der Waals surface area (Å²) in [4.78, 5) is 37.8. The van der Waals surface area contributed by atoms with Crippen LogP contribution in [-0.2, 0) is 28.6 Å². The third-order valence-corrected chi connectivity index (χ3v) is 12.6. The van der Waals surface area contributed by atoms with Gasteiger partial charge in [0.25, 0.3) is 0 Å². The zero-order chi connectivity index (χ0) is 44.0. The van der Waals surface area contributed by atoms with Crippen molar-refractivity contribution in [3.8, 4) is 0 Å². The molecule has 0 heterocycles. The molecular weight excluding hydrogens is 745 g/mol. The van der Waals surface area contributed by atoms with Gasteiger partial charge in [-0.1, -0.05) is 259 Å². The summed E-state index contributed by atoms with van der Waals surface area (Å²) < 4.78 is 16.8. The number of rotatable bonds is 48. The van der Waals surface area contributed by atoms with E-state index in [4.69, 9.17) is 14.2 Å². The largest absolute Gasteiger partial charge is 0.462 e. The van der Waals surface area contributed by atoms with Crippen molar-refractivity contribution in [2.24, 2.45) is 11.8 Å². The summed E-state index contributed by atoms with van der Waals surface area (Å²) >= 11 is 0. The maximum absolute atomic E-state index is 12.8. The molecule has 0 aliphatic carbocycles. The van der Waals surface area contributed by atoms with Crippen LogP contribution in [0.1, 0.15) is 298 Å². The number of unbranched alkanes of at least 4 members (excludes halogenated alkanes) is 32. The Morgan fingerprint density at radius 2 is 0.633 bits per heavy atom. The predicted octanol–water partition coefficient (Wildman–Crippen LogP) is 17.3. The Balaban J connectivity index is 4.17. The summed E-state index contributed by atoms with van der Waals surface area (Å²) in [7, 11) is 0. The molecule has 0 fully saturated rings. The predicted molar refractivity (Wildman–Crippen MR) is 256 cm³/mol. The van der Waals surface area contributed by atoms with Crippen molar-refractivity contribution >= 4 is 17.9 Å². The van der Waals surface area contributed by atoms with E-state index in [1.165, 1.54) is 186 Å². The van der Waals surface area contributed by atoms with Crippen LogP contribution in [0.15, 0.2) is 0 Å². The van der Waals surface area contributed by atoms with Crippen LogP contribution in [0.25, 0.3) is 0 Å². The highest BCUT2D eigenvalue weighted by atomic mass is 16.6. The van der Waals surface area contributed by atoms with Crippen LogP contribution < -0.4 is 0 Å². The maximum Gasteiger partial charge on any atom is 0.306 e. The number of ether oxygens (including phenoxy) is 3. The summed E-state index contributed by atoms with van der Waals surface area (Å²) in [6.45, 7) is 11.4. The van der Waals surface area contributed by atoms with Crippen molar-refractivity contribution in [2.75, 3.05) is 13.2 Å². The second-order valence-electron chi connectivity index (χ2n) is 19.2. The standard InChI is InChI=1S/C54H104O6/c1-6-8-9-10-11-22-29-34-39-44-52(55)58-47-51(48-59-53(56)45-40-35-30-26-25-27-32-37-42-49(3)4)60-54(57)46-41-36-31-24-21-19-17-15-13-12-14-16-18-20-23-28-33-38-43-50(5)7-2/h49-51H,6-48H2,1-5H3/t50?,51-/m0/s1. The lowest BCUT2D eigenvalue weighted by molar-refractivity contribution is -0.167. The molecule has 0 aromatic heterocycles. The maximum atomic E-state index is 12.8. The van der Waals surface area contributed by atoms with E-state index < -0.39 is 6.10 Å². The SMILES string of the molecule is CCCCCCCCCCCC(=O)OC[C@@H](COC(=O)CCCCCCCCCCC(C)C)OC(=O)CCCCCCCCCCCCCCCCCCCCC(C)CC. The summed E-state index contributed by atoms with van der Waals surface area (Å²) in [6, 6.07) is 0. The molecule has 0 saturated heterocycles. The highest BCUT2D eigenvalue weighted by Crippen LogP contribution is 2.18. The van der Waals surface area contributed by atoms with Crippen LogP contribution in [0.3, 0.4) is 0 Å². The molecule has 0 rings (SSSR count). The fraction of sp³-hybridized carbons (Fsp3) is 0.944. The van der Waals surface area contributed by atoms with Gasteiger partial charge < -0.3 is 14.2 Å². The fourth-order valence-electron chi connectivity index (χ4n) is 8.13. The van der Waals surface area contributed by atoms with Gasteiger partial charge in [0, 0.05) is 19.3 Å². The molecule has 2 atom stereocenters. The van der Waals surface area contributed by atoms with Gasteiger partial charge in [0.05, 0.1) is 0 Å². The van der Waals surface area contributed by atoms with Crippen LogP contribution in [0, 0.1) is 11.8 Å². The number of hydrogen-bond donors (Lipinski definition) is 0. The third-order valence-electron chi connectivity index (χ3n) is 12.6. The van der Waals surface area contributed by atoms with Crippen LogP contribution in [0.2, 0.25) is 0 Å². The lowest BCUT2D eigenvalue weighted by Crippen LogP contribution is -2.30. The van der Waals surface area contributed by atoms with E-state index in [2.05, 4.69) is 34.6 Å². The zero-order valence-corrected chi connectivity index (χ0v) is 41.1. The Labute approximate surface area is 374 Å². The molecule has 0 spiro atoms. The van der Waals surface area contributed by atoms with Crippen molar-refractivity contribution in [2.45, 2.75) is 304 Å². The first-order chi connectivity index (χ1) is 29.3. The molecule has 356 valence electrons. The van der Waals surface area contributed by atoms with E-state index in [1.807, 2.05) is 0 Å². The molecule has 0 N–H and O–H groups in total. The van der Waals surface area contributed by atoms with Gasteiger partial charge in [-0.15, -0.1) is 0 Å². The number of carbonyl (C=O) groups is 3. The molecular formula is C54H104O6. The average molecular weight is 849 g/mol. The van der Waals surface area contributed by atoms with E-state index in [9.17, 15) is 14.4 Å². The van der Waals surface area contributed by atoms with E-state index in [-0.39, 0.29) is 31.1 Å². The fourth-order valence-corrected chi connectivity index (χ4v) is 8.13. The molecule has 6 nitrogen and oxygen atoms in total. The zero-order valence-electron chi connectivity index (χ0n) is 41.1. The van der Waals surface area contributed by atoms with Crippen molar-refractivity contribution in [1.82, 2.24) is 0 Å². The Morgan fingerprint density at radius 3 is 0.950 bits per heavy atom. The monoisotopic (exact) mass is 849 g/mol. The molecule has 1 unspecified atom stereocenters. The Morgan fingerprint density at radius 1 is 0.350 bits per heavy atom. The van der Waals surface area contributed by atoms with Crippen molar-refractivity contribution in [3.63, 3.8) is 0 Å². The van der Waals surface area contributed by atoms with Gasteiger partial charge in [0.15, 0.2) is 6.10 Å². The highest BCUT2D eigenvalue weighted by molar-refractivity contribution is 5.71. The van der Waals surface area contributed by atoms with Crippen molar-refractivity contribution < 1.29 is 28.6 Å². The quantitative estimate of drug-likeness (QED) is 0.0345. The van der Waals surface area contributed by atoms with E-state index in [0.717, 1.165) is 69.6 Å². The topological polar surface area (TPSA) is 78.9 Å². The second kappa shape index (κ2) is 46.9.